The molecule has 0 amide bonds. The number of nitrogens with zero attached hydrogens (tertiary/aromatic N) is 2. The molecule has 0 aliphatic rings. The number of fused-ring (bicyclic) bond motifs is 6. The first-order chi connectivity index (χ1) is 25.4. The molecule has 3 heterocycles. The average molecular weight is 836 g/mol. The average Bonchev–Trinajstić information content (AvgIpc) is 3.51. The van der Waals surface area contributed by atoms with Gasteiger partial charge in [0.25, 0.3) is 0 Å². The van der Waals surface area contributed by atoms with Crippen LogP contribution in [0.4, 0.5) is 0 Å². The van der Waals surface area contributed by atoms with Gasteiger partial charge in [0.2, 0.25) is 0 Å². The normalized spacial score (nSPS) is 13.8. The van der Waals surface area contributed by atoms with Gasteiger partial charge in [0, 0.05) is 44.7 Å². The summed E-state index contributed by atoms with van der Waals surface area (Å²) in [5.74, 6) is 0. The summed E-state index contributed by atoms with van der Waals surface area (Å²) in [4.78, 5) is 8.86. The Kier molecular flexibility index (Phi) is 8.12. The first-order valence-electron chi connectivity index (χ1n) is 19.1. The molecule has 5 aromatic carbocycles. The first kappa shape index (κ1) is 29.1. The molecule has 50 heavy (non-hydrogen) atoms. The van der Waals surface area contributed by atoms with Crippen LogP contribution >= 0.6 is 0 Å². The predicted molar refractivity (Wildman–Crippen MR) is 206 cm³/mol. The van der Waals surface area contributed by atoms with Crippen LogP contribution in [0.15, 0.2) is 120 Å². The molecule has 0 saturated carbocycles. The standard InChI is InChI=1S/C31H26NO.C15H16N.Ir/c1-19-18-32-28(15-22(19)17-31(2,3)4)25-11-7-10-24-27-14-21-13-12-20-8-5-6-9-23(20)26(21)16-29(27)33-30(24)25;1-15(2,3)13-9-10-16-14(11-13)12-7-5-4-6-8-12;/h5-10,12-16,18H,17H2,1-4H3;4-7,9-11H,1-3H3;/q2*-1;/i1D3,17D2;;. The van der Waals surface area contributed by atoms with E-state index in [1.807, 2.05) is 48.7 Å². The van der Waals surface area contributed by atoms with E-state index in [0.29, 0.717) is 16.8 Å². The summed E-state index contributed by atoms with van der Waals surface area (Å²) in [5, 5.41) is 6.36. The van der Waals surface area contributed by atoms with Gasteiger partial charge in [-0.2, -0.15) is 0 Å². The van der Waals surface area contributed by atoms with Gasteiger partial charge in [-0.05, 0) is 86.3 Å². The summed E-state index contributed by atoms with van der Waals surface area (Å²) < 4.78 is 48.1. The van der Waals surface area contributed by atoms with Crippen LogP contribution in [0.1, 0.15) is 65.1 Å². The maximum Gasteiger partial charge on any atom is 0.121 e. The Balaban J connectivity index is 0.000000254. The molecule has 0 unspecified atom stereocenters. The third kappa shape index (κ3) is 7.29. The summed E-state index contributed by atoms with van der Waals surface area (Å²) in [7, 11) is 0. The fourth-order valence-corrected chi connectivity index (χ4v) is 6.13. The van der Waals surface area contributed by atoms with Gasteiger partial charge in [-0.15, -0.1) is 54.1 Å². The Hall–Kier alpha value is -4.63. The predicted octanol–water partition coefficient (Wildman–Crippen LogP) is 12.5. The molecule has 0 N–H and O–H groups in total. The Labute approximate surface area is 316 Å². The van der Waals surface area contributed by atoms with Crippen molar-refractivity contribution in [2.45, 2.75) is 60.2 Å². The Morgan fingerprint density at radius 2 is 1.52 bits per heavy atom. The molecular formula is C46H42IrN2O-2. The van der Waals surface area contributed by atoms with E-state index in [9.17, 15) is 0 Å². The number of aromatic nitrogens is 2. The summed E-state index contributed by atoms with van der Waals surface area (Å²) in [5.41, 5.74) is 4.97. The van der Waals surface area contributed by atoms with Crippen LogP contribution in [0.5, 0.6) is 0 Å². The van der Waals surface area contributed by atoms with Gasteiger partial charge in [-0.1, -0.05) is 107 Å². The van der Waals surface area contributed by atoms with Crippen molar-refractivity contribution in [3.05, 3.63) is 144 Å². The van der Waals surface area contributed by atoms with Crippen LogP contribution in [0.3, 0.4) is 0 Å². The minimum atomic E-state index is -2.50. The molecule has 0 bridgehead atoms. The molecule has 0 aliphatic heterocycles. The van der Waals surface area contributed by atoms with Gasteiger partial charge in [-0.25, -0.2) is 0 Å². The van der Waals surface area contributed by atoms with Crippen molar-refractivity contribution in [3.8, 4) is 22.5 Å². The summed E-state index contributed by atoms with van der Waals surface area (Å²) in [6, 6.07) is 40.5. The van der Waals surface area contributed by atoms with E-state index in [-0.39, 0.29) is 36.6 Å². The van der Waals surface area contributed by atoms with E-state index in [2.05, 4.69) is 91.4 Å². The summed E-state index contributed by atoms with van der Waals surface area (Å²) >= 11 is 0. The maximum absolute atomic E-state index is 8.85. The quantitative estimate of drug-likeness (QED) is 0.131. The van der Waals surface area contributed by atoms with E-state index in [1.165, 1.54) is 11.8 Å². The summed E-state index contributed by atoms with van der Waals surface area (Å²) in [6.07, 6.45) is 1.22. The molecule has 8 aromatic rings. The van der Waals surface area contributed by atoms with Crippen LogP contribution in [0, 0.1) is 24.4 Å². The molecule has 3 aromatic heterocycles. The van der Waals surface area contributed by atoms with Crippen molar-refractivity contribution in [2.75, 3.05) is 0 Å². The topological polar surface area (TPSA) is 38.9 Å². The van der Waals surface area contributed by atoms with E-state index >= 15 is 0 Å². The smallest absolute Gasteiger partial charge is 0.121 e. The van der Waals surface area contributed by atoms with Gasteiger partial charge < -0.3 is 14.4 Å². The first-order valence-corrected chi connectivity index (χ1v) is 16.6. The van der Waals surface area contributed by atoms with Crippen LogP contribution in [0.25, 0.3) is 66.0 Å². The molecule has 8 rings (SSSR count). The van der Waals surface area contributed by atoms with Crippen LogP contribution in [-0.2, 0) is 31.9 Å². The number of rotatable bonds is 3. The molecule has 0 saturated heterocycles. The Morgan fingerprint density at radius 1 is 0.720 bits per heavy atom. The van der Waals surface area contributed by atoms with Crippen LogP contribution in [-0.4, -0.2) is 9.97 Å². The van der Waals surface area contributed by atoms with E-state index in [1.54, 1.807) is 32.9 Å². The summed E-state index contributed by atoms with van der Waals surface area (Å²) in [6.45, 7) is 9.41. The number of pyridine rings is 2. The van der Waals surface area contributed by atoms with Gasteiger partial charge >= 0.3 is 0 Å². The maximum atomic E-state index is 8.85. The minimum absolute atomic E-state index is 0. The molecule has 0 spiro atoms. The molecule has 0 atom stereocenters. The fourth-order valence-electron chi connectivity index (χ4n) is 6.13. The SMILES string of the molecule is CC(C)(C)c1ccnc(-c2[c-]cccc2)c1.[2H]C([2H])([2H])c1cnc(-c2[c-]ccc3c2oc2cc4c(ccc5ccccc54)cc23)cc1C([2H])([2H])C(C)(C)C.[Ir]. The van der Waals surface area contributed by atoms with Gasteiger partial charge in [0.1, 0.15) is 5.58 Å². The van der Waals surface area contributed by atoms with Crippen molar-refractivity contribution < 1.29 is 31.4 Å². The van der Waals surface area contributed by atoms with Gasteiger partial charge in [0.15, 0.2) is 0 Å². The molecular weight excluding hydrogens is 789 g/mol. The van der Waals surface area contributed by atoms with E-state index < -0.39 is 18.6 Å². The van der Waals surface area contributed by atoms with Crippen molar-refractivity contribution in [3.63, 3.8) is 0 Å². The zero-order valence-corrected chi connectivity index (χ0v) is 31.5. The molecule has 3 nitrogen and oxygen atoms in total. The number of aryl methyl sites for hydroxylation is 1. The largest absolute Gasteiger partial charge is 0.501 e. The third-order valence-corrected chi connectivity index (χ3v) is 8.58. The minimum Gasteiger partial charge on any atom is -0.501 e. The Morgan fingerprint density at radius 3 is 2.28 bits per heavy atom. The number of hydrogen-bond acceptors (Lipinski definition) is 3. The molecule has 4 heteroatoms. The number of benzene rings is 5. The number of hydrogen-bond donors (Lipinski definition) is 0. The zero-order valence-electron chi connectivity index (χ0n) is 34.1. The second-order valence-corrected chi connectivity index (χ2v) is 14.5. The van der Waals surface area contributed by atoms with E-state index in [0.717, 1.165) is 49.2 Å². The van der Waals surface area contributed by atoms with Crippen molar-refractivity contribution in [1.82, 2.24) is 9.97 Å². The molecule has 0 fully saturated rings. The Bertz CT molecular complexity index is 2650. The monoisotopic (exact) mass is 836 g/mol. The molecule has 1 radical (unpaired) electrons. The van der Waals surface area contributed by atoms with Crippen molar-refractivity contribution in [1.29, 1.82) is 0 Å². The van der Waals surface area contributed by atoms with Gasteiger partial charge in [0.05, 0.1) is 5.58 Å². The third-order valence-electron chi connectivity index (χ3n) is 8.58. The second-order valence-electron chi connectivity index (χ2n) is 14.5. The fraction of sp³-hybridized carbons (Fsp3) is 0.217. The van der Waals surface area contributed by atoms with Crippen LogP contribution in [0.2, 0.25) is 0 Å². The van der Waals surface area contributed by atoms with Crippen molar-refractivity contribution in [2.24, 2.45) is 5.41 Å². The van der Waals surface area contributed by atoms with Crippen molar-refractivity contribution >= 4 is 43.5 Å². The van der Waals surface area contributed by atoms with E-state index in [4.69, 9.17) is 11.3 Å². The van der Waals surface area contributed by atoms with Gasteiger partial charge in [-0.3, -0.25) is 0 Å². The second kappa shape index (κ2) is 13.9. The number of furan rings is 1. The molecule has 253 valence electrons. The van der Waals surface area contributed by atoms with Crippen LogP contribution < -0.4 is 0 Å². The molecule has 0 aliphatic carbocycles. The zero-order chi connectivity index (χ0) is 38.6.